The summed E-state index contributed by atoms with van der Waals surface area (Å²) >= 11 is 2.85. The lowest BCUT2D eigenvalue weighted by Gasteiger charge is -2.32. The molecule has 2 aliphatic rings. The third kappa shape index (κ3) is 4.92. The minimum absolute atomic E-state index is 0.0722. The van der Waals surface area contributed by atoms with E-state index in [4.69, 9.17) is 0 Å². The highest BCUT2D eigenvalue weighted by Gasteiger charge is 2.26. The summed E-state index contributed by atoms with van der Waals surface area (Å²) in [5.74, 6) is 0.422. The Morgan fingerprint density at radius 2 is 1.86 bits per heavy atom. The third-order valence-electron chi connectivity index (χ3n) is 5.68. The molecule has 0 spiro atoms. The molecule has 0 radical (unpaired) electrons. The first-order valence-electron chi connectivity index (χ1n) is 10.2. The molecule has 8 nitrogen and oxygen atoms in total. The van der Waals surface area contributed by atoms with Crippen molar-refractivity contribution in [3.05, 3.63) is 21.1 Å². The molecule has 1 aliphatic carbocycles. The van der Waals surface area contributed by atoms with Crippen LogP contribution in [0.25, 0.3) is 0 Å². The Balaban J connectivity index is 1.24. The van der Waals surface area contributed by atoms with Crippen molar-refractivity contribution in [3.8, 4) is 0 Å². The number of piperidine rings is 1. The van der Waals surface area contributed by atoms with Gasteiger partial charge in [-0.1, -0.05) is 30.6 Å². The van der Waals surface area contributed by atoms with Gasteiger partial charge in [-0.2, -0.15) is 0 Å². The average Bonchev–Trinajstić information content (AvgIpc) is 3.38. The van der Waals surface area contributed by atoms with Crippen LogP contribution in [0.2, 0.25) is 0 Å². The maximum atomic E-state index is 12.6. The second-order valence-electron chi connectivity index (χ2n) is 7.71. The first-order valence-corrected chi connectivity index (χ1v) is 11.9. The summed E-state index contributed by atoms with van der Waals surface area (Å²) in [6.07, 6.45) is 7.62. The Morgan fingerprint density at radius 3 is 2.55 bits per heavy atom. The van der Waals surface area contributed by atoms with E-state index in [9.17, 15) is 9.59 Å². The predicted octanol–water partition coefficient (Wildman–Crippen LogP) is 3.78. The molecular formula is C19H26N6O2S2. The molecule has 2 fully saturated rings. The minimum Gasteiger partial charge on any atom is -0.348 e. The van der Waals surface area contributed by atoms with Gasteiger partial charge in [-0.25, -0.2) is 9.78 Å². The summed E-state index contributed by atoms with van der Waals surface area (Å²) in [4.78, 5) is 31.5. The Kier molecular flexibility index (Phi) is 6.39. The fourth-order valence-corrected chi connectivity index (χ4v) is 5.58. The lowest BCUT2D eigenvalue weighted by molar-refractivity contribution is 0.0922. The summed E-state index contributed by atoms with van der Waals surface area (Å²) in [6.45, 7) is 3.05. The van der Waals surface area contributed by atoms with Crippen LogP contribution in [0, 0.1) is 6.92 Å². The van der Waals surface area contributed by atoms with Crippen LogP contribution >= 0.6 is 22.7 Å². The highest BCUT2D eigenvalue weighted by atomic mass is 32.1. The van der Waals surface area contributed by atoms with Crippen molar-refractivity contribution in [3.63, 3.8) is 0 Å². The molecule has 2 aromatic rings. The molecule has 0 aromatic carbocycles. The zero-order valence-corrected chi connectivity index (χ0v) is 18.2. The van der Waals surface area contributed by atoms with Crippen molar-refractivity contribution in [2.45, 2.75) is 63.8 Å². The molecule has 156 valence electrons. The van der Waals surface area contributed by atoms with Gasteiger partial charge in [-0.15, -0.1) is 21.5 Å². The topological polar surface area (TPSA) is 100 Å². The van der Waals surface area contributed by atoms with Crippen molar-refractivity contribution in [2.24, 2.45) is 0 Å². The summed E-state index contributed by atoms with van der Waals surface area (Å²) < 4.78 is 0. The van der Waals surface area contributed by atoms with E-state index >= 15 is 0 Å². The number of urea groups is 1. The number of carbonyl (C=O) groups excluding carboxylic acids is 2. The lowest BCUT2D eigenvalue weighted by atomic mass is 9.90. The van der Waals surface area contributed by atoms with Gasteiger partial charge in [0.25, 0.3) is 5.91 Å². The van der Waals surface area contributed by atoms with Gasteiger partial charge in [0.15, 0.2) is 0 Å². The summed E-state index contributed by atoms with van der Waals surface area (Å²) in [5.41, 5.74) is 2.44. The Hall–Kier alpha value is -2.07. The van der Waals surface area contributed by atoms with Gasteiger partial charge in [0, 0.05) is 25.0 Å². The van der Waals surface area contributed by atoms with Crippen LogP contribution in [0.5, 0.6) is 0 Å². The van der Waals surface area contributed by atoms with Crippen molar-refractivity contribution >= 4 is 39.7 Å². The third-order valence-corrected chi connectivity index (χ3v) is 7.61. The summed E-state index contributed by atoms with van der Waals surface area (Å²) in [7, 11) is 0. The van der Waals surface area contributed by atoms with E-state index in [1.54, 1.807) is 10.4 Å². The predicted molar refractivity (Wildman–Crippen MR) is 114 cm³/mol. The number of amides is 3. The number of carbonyl (C=O) groups is 2. The zero-order chi connectivity index (χ0) is 20.2. The summed E-state index contributed by atoms with van der Waals surface area (Å²) in [6, 6.07) is -0.0631. The number of aryl methyl sites for hydroxylation is 1. The molecule has 1 aliphatic heterocycles. The fraction of sp³-hybridized carbons (Fsp3) is 0.632. The molecule has 1 saturated carbocycles. The molecule has 0 atom stereocenters. The number of nitrogens with one attached hydrogen (secondary N) is 2. The van der Waals surface area contributed by atoms with Crippen molar-refractivity contribution < 1.29 is 9.59 Å². The van der Waals surface area contributed by atoms with E-state index in [1.165, 1.54) is 54.8 Å². The van der Waals surface area contributed by atoms with E-state index in [-0.39, 0.29) is 18.0 Å². The first kappa shape index (κ1) is 20.2. The van der Waals surface area contributed by atoms with Crippen LogP contribution in [0.3, 0.4) is 0 Å². The van der Waals surface area contributed by atoms with E-state index in [2.05, 4.69) is 25.8 Å². The van der Waals surface area contributed by atoms with Gasteiger partial charge >= 0.3 is 6.03 Å². The average molecular weight is 435 g/mol. The monoisotopic (exact) mass is 434 g/mol. The van der Waals surface area contributed by atoms with Gasteiger partial charge in [0.05, 0.1) is 11.2 Å². The van der Waals surface area contributed by atoms with Crippen LogP contribution in [-0.2, 0) is 0 Å². The lowest BCUT2D eigenvalue weighted by Crippen LogP contribution is -2.47. The number of likely N-dealkylation sites (tertiary alicyclic amines) is 1. The maximum Gasteiger partial charge on any atom is 0.323 e. The number of aromatic nitrogens is 3. The number of hydrogen-bond donors (Lipinski definition) is 2. The Bertz CT molecular complexity index is 853. The number of nitrogens with zero attached hydrogens (tertiary/aromatic N) is 4. The van der Waals surface area contributed by atoms with E-state index in [1.807, 2.05) is 6.92 Å². The molecule has 3 amide bonds. The molecule has 0 bridgehead atoms. The molecule has 1 saturated heterocycles. The molecular weight excluding hydrogens is 408 g/mol. The molecule has 4 rings (SSSR count). The Morgan fingerprint density at radius 1 is 1.10 bits per heavy atom. The SMILES string of the molecule is Cc1ncsc1C(=O)NC1CCN(C(=O)Nc2nnc(C3CCCCC3)s2)CC1. The van der Waals surface area contributed by atoms with Gasteiger partial charge in [0.2, 0.25) is 5.13 Å². The van der Waals surface area contributed by atoms with Crippen molar-refractivity contribution in [1.82, 2.24) is 25.4 Å². The summed E-state index contributed by atoms with van der Waals surface area (Å²) in [5, 5.41) is 16.0. The normalized spacial score (nSPS) is 18.6. The number of thiazole rings is 1. The Labute approximate surface area is 178 Å². The number of rotatable bonds is 4. The van der Waals surface area contributed by atoms with Crippen LogP contribution < -0.4 is 10.6 Å². The van der Waals surface area contributed by atoms with Gasteiger partial charge in [0.1, 0.15) is 9.88 Å². The molecule has 10 heteroatoms. The molecule has 29 heavy (non-hydrogen) atoms. The first-order chi connectivity index (χ1) is 14.1. The van der Waals surface area contributed by atoms with Gasteiger partial charge in [-0.05, 0) is 32.6 Å². The van der Waals surface area contributed by atoms with Crippen molar-refractivity contribution in [2.75, 3.05) is 18.4 Å². The van der Waals surface area contributed by atoms with Crippen LogP contribution in [0.15, 0.2) is 5.51 Å². The molecule has 2 N–H and O–H groups in total. The largest absolute Gasteiger partial charge is 0.348 e. The molecule has 0 unspecified atom stereocenters. The van der Waals surface area contributed by atoms with E-state index in [0.717, 1.165) is 23.5 Å². The highest BCUT2D eigenvalue weighted by molar-refractivity contribution is 7.15. The standard InChI is InChI=1S/C19H26N6O2S2/c1-12-15(28-11-20-12)16(26)21-14-7-9-25(10-8-14)19(27)22-18-24-23-17(29-18)13-5-3-2-4-6-13/h11,13-14H,2-10H2,1H3,(H,21,26)(H,22,24,27). The van der Waals surface area contributed by atoms with E-state index < -0.39 is 0 Å². The quantitative estimate of drug-likeness (QED) is 0.763. The van der Waals surface area contributed by atoms with Crippen LogP contribution in [0.4, 0.5) is 9.93 Å². The molecule has 3 heterocycles. The fourth-order valence-electron chi connectivity index (χ4n) is 3.97. The molecule has 2 aromatic heterocycles. The van der Waals surface area contributed by atoms with Gasteiger partial charge < -0.3 is 10.2 Å². The second-order valence-corrected chi connectivity index (χ2v) is 9.58. The number of hydrogen-bond acceptors (Lipinski definition) is 7. The van der Waals surface area contributed by atoms with Crippen LogP contribution in [0.1, 0.15) is 71.2 Å². The van der Waals surface area contributed by atoms with Crippen LogP contribution in [-0.4, -0.2) is 51.2 Å². The van der Waals surface area contributed by atoms with Gasteiger partial charge in [-0.3, -0.25) is 10.1 Å². The van der Waals surface area contributed by atoms with E-state index in [0.29, 0.717) is 29.0 Å². The number of anilines is 1. The second kappa shape index (κ2) is 9.17. The zero-order valence-electron chi connectivity index (χ0n) is 16.5. The van der Waals surface area contributed by atoms with Crippen molar-refractivity contribution in [1.29, 1.82) is 0 Å². The minimum atomic E-state index is -0.139. The smallest absolute Gasteiger partial charge is 0.323 e. The highest BCUT2D eigenvalue weighted by Crippen LogP contribution is 2.35. The maximum absolute atomic E-state index is 12.6.